The number of anilines is 1. The molecular weight excluding hydrogens is 262 g/mol. The van der Waals surface area contributed by atoms with E-state index in [1.165, 1.54) is 25.7 Å². The largest absolute Gasteiger partial charge is 0.323 e. The van der Waals surface area contributed by atoms with Gasteiger partial charge in [0.15, 0.2) is 0 Å². The monoisotopic (exact) mass is 283 g/mol. The van der Waals surface area contributed by atoms with Crippen molar-refractivity contribution in [2.24, 2.45) is 11.8 Å². The van der Waals surface area contributed by atoms with Gasteiger partial charge in [0.1, 0.15) is 4.90 Å². The average Bonchev–Trinajstić information content (AvgIpc) is 2.91. The van der Waals surface area contributed by atoms with Crippen LogP contribution in [0.4, 0.5) is 5.69 Å². The summed E-state index contributed by atoms with van der Waals surface area (Å²) in [6, 6.07) is 6.62. The molecule has 2 rings (SSSR count). The van der Waals surface area contributed by atoms with Gasteiger partial charge in [0.05, 0.1) is 5.69 Å². The third-order valence-electron chi connectivity index (χ3n) is 3.65. The van der Waals surface area contributed by atoms with Crippen LogP contribution in [-0.2, 0) is 10.0 Å². The Kier molecular flexibility index (Phi) is 4.79. The molecule has 0 aromatic heterocycles. The molecule has 0 heterocycles. The van der Waals surface area contributed by atoms with Crippen LogP contribution >= 0.6 is 0 Å². The van der Waals surface area contributed by atoms with Gasteiger partial charge in [-0.3, -0.25) is 5.84 Å². The van der Waals surface area contributed by atoms with Gasteiger partial charge >= 0.3 is 0 Å². The van der Waals surface area contributed by atoms with Gasteiger partial charge in [-0.1, -0.05) is 37.8 Å². The van der Waals surface area contributed by atoms with E-state index in [4.69, 9.17) is 5.84 Å². The van der Waals surface area contributed by atoms with Crippen molar-refractivity contribution in [3.63, 3.8) is 0 Å². The Bertz CT molecular complexity index is 510. The summed E-state index contributed by atoms with van der Waals surface area (Å²) < 4.78 is 27.0. The molecule has 19 heavy (non-hydrogen) atoms. The first-order valence-corrected chi connectivity index (χ1v) is 8.17. The van der Waals surface area contributed by atoms with E-state index in [0.29, 0.717) is 18.2 Å². The second-order valence-electron chi connectivity index (χ2n) is 4.98. The van der Waals surface area contributed by atoms with Crippen molar-refractivity contribution >= 4 is 15.7 Å². The van der Waals surface area contributed by atoms with E-state index < -0.39 is 10.0 Å². The Morgan fingerprint density at radius 1 is 1.21 bits per heavy atom. The zero-order valence-electron chi connectivity index (χ0n) is 10.9. The Morgan fingerprint density at radius 3 is 2.58 bits per heavy atom. The molecule has 4 N–H and O–H groups in total. The summed E-state index contributed by atoms with van der Waals surface area (Å²) >= 11 is 0. The van der Waals surface area contributed by atoms with Gasteiger partial charge in [0.25, 0.3) is 0 Å². The summed E-state index contributed by atoms with van der Waals surface area (Å²) in [5.41, 5.74) is 2.83. The molecule has 1 aromatic rings. The van der Waals surface area contributed by atoms with Gasteiger partial charge in [-0.2, -0.15) is 0 Å². The number of nitrogens with two attached hydrogens (primary N) is 1. The minimum atomic E-state index is -3.49. The fourth-order valence-electron chi connectivity index (χ4n) is 2.59. The molecule has 0 bridgehead atoms. The Labute approximate surface area is 114 Å². The molecule has 1 aliphatic carbocycles. The van der Waals surface area contributed by atoms with E-state index in [9.17, 15) is 8.42 Å². The van der Waals surface area contributed by atoms with Gasteiger partial charge in [0.2, 0.25) is 10.0 Å². The van der Waals surface area contributed by atoms with Gasteiger partial charge in [0, 0.05) is 6.54 Å². The van der Waals surface area contributed by atoms with Crippen LogP contribution in [0.15, 0.2) is 29.2 Å². The number of rotatable bonds is 6. The number of sulfonamides is 1. The fourth-order valence-corrected chi connectivity index (χ4v) is 3.81. The molecule has 0 radical (unpaired) electrons. The first kappa shape index (κ1) is 14.3. The van der Waals surface area contributed by atoms with Crippen LogP contribution in [-0.4, -0.2) is 15.0 Å². The van der Waals surface area contributed by atoms with Crippen molar-refractivity contribution in [2.75, 3.05) is 12.0 Å². The number of para-hydroxylation sites is 1. The van der Waals surface area contributed by atoms with E-state index in [-0.39, 0.29) is 4.90 Å². The van der Waals surface area contributed by atoms with Crippen molar-refractivity contribution in [2.45, 2.75) is 37.0 Å². The second-order valence-corrected chi connectivity index (χ2v) is 6.71. The Balaban J connectivity index is 1.97. The fraction of sp³-hybridized carbons (Fsp3) is 0.538. The minimum absolute atomic E-state index is 0.198. The van der Waals surface area contributed by atoms with Crippen LogP contribution in [0, 0.1) is 5.92 Å². The van der Waals surface area contributed by atoms with Crippen LogP contribution < -0.4 is 16.0 Å². The molecule has 1 saturated carbocycles. The summed E-state index contributed by atoms with van der Waals surface area (Å²) in [7, 11) is -3.49. The highest BCUT2D eigenvalue weighted by Crippen LogP contribution is 2.27. The van der Waals surface area contributed by atoms with E-state index in [2.05, 4.69) is 10.1 Å². The lowest BCUT2D eigenvalue weighted by atomic mass is 10.1. The maximum atomic E-state index is 12.2. The number of nitrogen functional groups attached to an aromatic ring is 1. The number of nitrogens with one attached hydrogen (secondary N) is 2. The van der Waals surface area contributed by atoms with E-state index in [1.807, 2.05) is 0 Å². The van der Waals surface area contributed by atoms with E-state index in [0.717, 1.165) is 6.42 Å². The third-order valence-corrected chi connectivity index (χ3v) is 5.17. The molecule has 0 amide bonds. The van der Waals surface area contributed by atoms with Crippen molar-refractivity contribution in [1.82, 2.24) is 4.72 Å². The molecule has 0 aliphatic heterocycles. The SMILES string of the molecule is NNc1ccccc1S(=O)(=O)NCCC1CCCC1. The molecule has 6 heteroatoms. The highest BCUT2D eigenvalue weighted by atomic mass is 32.2. The van der Waals surface area contributed by atoms with Gasteiger partial charge in [-0.25, -0.2) is 13.1 Å². The van der Waals surface area contributed by atoms with Crippen LogP contribution in [0.2, 0.25) is 0 Å². The molecule has 1 aromatic carbocycles. The topological polar surface area (TPSA) is 84.2 Å². The lowest BCUT2D eigenvalue weighted by Gasteiger charge is -2.12. The van der Waals surface area contributed by atoms with Gasteiger partial charge in [-0.15, -0.1) is 0 Å². The predicted octanol–water partition coefficient (Wildman–Crippen LogP) is 1.83. The first-order chi connectivity index (χ1) is 9.13. The second kappa shape index (κ2) is 6.36. The molecule has 0 atom stereocenters. The molecule has 1 fully saturated rings. The summed E-state index contributed by atoms with van der Waals surface area (Å²) in [5, 5.41) is 0. The first-order valence-electron chi connectivity index (χ1n) is 6.69. The highest BCUT2D eigenvalue weighted by Gasteiger charge is 2.19. The molecule has 106 valence electrons. The average molecular weight is 283 g/mol. The van der Waals surface area contributed by atoms with Crippen molar-refractivity contribution < 1.29 is 8.42 Å². The minimum Gasteiger partial charge on any atom is -0.323 e. The van der Waals surface area contributed by atoms with Gasteiger partial charge < -0.3 is 5.43 Å². The molecule has 1 aliphatic rings. The lowest BCUT2D eigenvalue weighted by molar-refractivity contribution is 0.496. The lowest BCUT2D eigenvalue weighted by Crippen LogP contribution is -2.27. The van der Waals surface area contributed by atoms with Crippen molar-refractivity contribution in [3.05, 3.63) is 24.3 Å². The summed E-state index contributed by atoms with van der Waals surface area (Å²) in [4.78, 5) is 0.198. The van der Waals surface area contributed by atoms with Crippen LogP contribution in [0.5, 0.6) is 0 Å². The number of hydrogen-bond donors (Lipinski definition) is 3. The van der Waals surface area contributed by atoms with E-state index >= 15 is 0 Å². The number of hydrogen-bond acceptors (Lipinski definition) is 4. The van der Waals surface area contributed by atoms with Crippen LogP contribution in [0.1, 0.15) is 32.1 Å². The number of benzene rings is 1. The summed E-state index contributed by atoms with van der Waals surface area (Å²) in [6.07, 6.45) is 5.91. The zero-order chi connectivity index (χ0) is 13.7. The molecular formula is C13H21N3O2S. The quantitative estimate of drug-likeness (QED) is 0.549. The standard InChI is InChI=1S/C13H21N3O2S/c14-16-12-7-3-4-8-13(12)19(17,18)15-10-9-11-5-1-2-6-11/h3-4,7-8,11,15-16H,1-2,5-6,9-10,14H2. The van der Waals surface area contributed by atoms with Crippen molar-refractivity contribution in [3.8, 4) is 0 Å². The summed E-state index contributed by atoms with van der Waals surface area (Å²) in [6.45, 7) is 0.492. The number of hydrazine groups is 1. The summed E-state index contributed by atoms with van der Waals surface area (Å²) in [5.74, 6) is 6.01. The highest BCUT2D eigenvalue weighted by molar-refractivity contribution is 7.89. The Morgan fingerprint density at radius 2 is 1.89 bits per heavy atom. The van der Waals surface area contributed by atoms with E-state index in [1.54, 1.807) is 24.3 Å². The third kappa shape index (κ3) is 3.68. The maximum absolute atomic E-state index is 12.2. The van der Waals surface area contributed by atoms with Gasteiger partial charge in [-0.05, 0) is 24.5 Å². The molecule has 0 spiro atoms. The normalized spacial score (nSPS) is 16.7. The zero-order valence-corrected chi connectivity index (χ0v) is 11.7. The Hall–Kier alpha value is -1.11. The predicted molar refractivity (Wildman–Crippen MR) is 76.0 cm³/mol. The molecule has 5 nitrogen and oxygen atoms in total. The molecule has 0 unspecified atom stereocenters. The smallest absolute Gasteiger partial charge is 0.242 e. The van der Waals surface area contributed by atoms with Crippen LogP contribution in [0.25, 0.3) is 0 Å². The molecule has 0 saturated heterocycles. The maximum Gasteiger partial charge on any atom is 0.242 e. The van der Waals surface area contributed by atoms with Crippen molar-refractivity contribution in [1.29, 1.82) is 0 Å². The van der Waals surface area contributed by atoms with Crippen LogP contribution in [0.3, 0.4) is 0 Å².